The van der Waals surface area contributed by atoms with Gasteiger partial charge in [-0.25, -0.2) is 13.1 Å². The topological polar surface area (TPSA) is 76.1 Å². The van der Waals surface area contributed by atoms with Gasteiger partial charge in [0.15, 0.2) is 0 Å². The number of aliphatic hydroxyl groups excluding tert-OH is 1. The van der Waals surface area contributed by atoms with Gasteiger partial charge in [0, 0.05) is 52.0 Å². The van der Waals surface area contributed by atoms with Crippen LogP contribution in [-0.2, 0) is 16.6 Å². The van der Waals surface area contributed by atoms with Crippen molar-refractivity contribution in [3.8, 4) is 0 Å². The van der Waals surface area contributed by atoms with E-state index in [2.05, 4.69) is 68.9 Å². The van der Waals surface area contributed by atoms with E-state index in [0.29, 0.717) is 6.54 Å². The molecule has 1 atom stereocenters. The highest BCUT2D eigenvalue weighted by atomic mass is 32.2. The molecule has 0 bridgehead atoms. The number of benzene rings is 2. The zero-order valence-corrected chi connectivity index (χ0v) is 20.3. The molecule has 0 saturated carbocycles. The van der Waals surface area contributed by atoms with Crippen molar-refractivity contribution in [3.63, 3.8) is 0 Å². The van der Waals surface area contributed by atoms with Crippen LogP contribution in [0.4, 0.5) is 0 Å². The average molecular weight is 471 g/mol. The Morgan fingerprint density at radius 2 is 1.73 bits per heavy atom. The van der Waals surface area contributed by atoms with E-state index in [1.54, 1.807) is 6.92 Å². The Hall–Kier alpha value is -2.23. The number of aliphatic hydroxyl groups is 1. The van der Waals surface area contributed by atoms with Crippen molar-refractivity contribution < 1.29 is 13.5 Å². The van der Waals surface area contributed by atoms with Crippen LogP contribution in [0.5, 0.6) is 0 Å². The third-order valence-corrected chi connectivity index (χ3v) is 7.95. The summed E-state index contributed by atoms with van der Waals surface area (Å²) in [5.41, 5.74) is 5.74. The normalized spacial score (nSPS) is 19.9. The molecule has 0 aromatic heterocycles. The van der Waals surface area contributed by atoms with E-state index < -0.39 is 10.0 Å². The molecule has 2 heterocycles. The number of hydrogen-bond donors (Lipinski definition) is 2. The molecule has 33 heavy (non-hydrogen) atoms. The molecule has 0 radical (unpaired) electrons. The minimum atomic E-state index is -3.21. The van der Waals surface area contributed by atoms with Crippen LogP contribution in [0, 0.1) is 0 Å². The van der Waals surface area contributed by atoms with Gasteiger partial charge in [0.25, 0.3) is 0 Å². The zero-order chi connectivity index (χ0) is 23.4. The lowest BCUT2D eigenvalue weighted by molar-refractivity contribution is 0.0373. The summed E-state index contributed by atoms with van der Waals surface area (Å²) >= 11 is 0. The second-order valence-corrected chi connectivity index (χ2v) is 10.8. The Balaban J connectivity index is 1.56. The van der Waals surface area contributed by atoms with Crippen LogP contribution in [-0.4, -0.2) is 80.4 Å². The molecular formula is C25H34N4O3S. The van der Waals surface area contributed by atoms with Crippen LogP contribution in [0.25, 0.3) is 11.8 Å². The summed E-state index contributed by atoms with van der Waals surface area (Å²) in [6, 6.07) is 16.7. The highest BCUT2D eigenvalue weighted by Gasteiger charge is 2.33. The van der Waals surface area contributed by atoms with E-state index in [9.17, 15) is 13.5 Å². The maximum Gasteiger partial charge on any atom is 0.211 e. The number of nitrogens with one attached hydrogen (secondary N) is 1. The average Bonchev–Trinajstić information content (AvgIpc) is 2.84. The molecule has 0 amide bonds. The molecule has 2 aliphatic heterocycles. The summed E-state index contributed by atoms with van der Waals surface area (Å²) in [4.78, 5) is 7.18. The van der Waals surface area contributed by atoms with Crippen molar-refractivity contribution in [2.75, 3.05) is 52.1 Å². The van der Waals surface area contributed by atoms with E-state index in [-0.39, 0.29) is 18.5 Å². The Morgan fingerprint density at radius 1 is 1.03 bits per heavy atom. The SMILES string of the molecule is CCS(=O)(=O)NCc1ccc(C2=Cc3ccccc3C(N3CCN(CCO)CC3)N2C)cc1. The maximum absolute atomic E-state index is 11.7. The molecular weight excluding hydrogens is 436 g/mol. The second-order valence-electron chi connectivity index (χ2n) is 8.67. The van der Waals surface area contributed by atoms with Crippen molar-refractivity contribution in [1.29, 1.82) is 0 Å². The highest BCUT2D eigenvalue weighted by Crippen LogP contribution is 2.39. The summed E-state index contributed by atoms with van der Waals surface area (Å²) in [5, 5.41) is 9.27. The van der Waals surface area contributed by atoms with Gasteiger partial charge in [-0.2, -0.15) is 0 Å². The number of piperazine rings is 1. The van der Waals surface area contributed by atoms with Crippen LogP contribution in [0.2, 0.25) is 0 Å². The van der Waals surface area contributed by atoms with Crippen LogP contribution in [0.3, 0.4) is 0 Å². The first-order valence-corrected chi connectivity index (χ1v) is 13.2. The van der Waals surface area contributed by atoms with Crippen molar-refractivity contribution >= 4 is 21.8 Å². The number of rotatable bonds is 8. The van der Waals surface area contributed by atoms with Crippen LogP contribution in [0.15, 0.2) is 48.5 Å². The number of fused-ring (bicyclic) bond motifs is 1. The molecule has 2 N–H and O–H groups in total. The molecule has 2 aliphatic rings. The molecule has 8 heteroatoms. The molecule has 2 aromatic carbocycles. The monoisotopic (exact) mass is 470 g/mol. The highest BCUT2D eigenvalue weighted by molar-refractivity contribution is 7.89. The fraction of sp³-hybridized carbons (Fsp3) is 0.440. The molecule has 2 aromatic rings. The van der Waals surface area contributed by atoms with E-state index in [4.69, 9.17) is 0 Å². The van der Waals surface area contributed by atoms with E-state index in [1.807, 2.05) is 12.1 Å². The van der Waals surface area contributed by atoms with Gasteiger partial charge in [-0.3, -0.25) is 9.80 Å². The van der Waals surface area contributed by atoms with Gasteiger partial charge < -0.3 is 10.0 Å². The summed E-state index contributed by atoms with van der Waals surface area (Å²) in [6.07, 6.45) is 2.39. The van der Waals surface area contributed by atoms with Crippen molar-refractivity contribution in [1.82, 2.24) is 19.4 Å². The first-order chi connectivity index (χ1) is 15.9. The standard InChI is InChI=1S/C25H34N4O3S/c1-3-33(31,32)26-19-20-8-10-21(11-9-20)24-18-22-6-4-5-7-23(22)25(27(24)2)29-14-12-28(13-15-29)16-17-30/h4-11,18,25-26,30H,3,12-17,19H2,1-2H3. The Morgan fingerprint density at radius 3 is 2.39 bits per heavy atom. The molecule has 1 saturated heterocycles. The smallest absolute Gasteiger partial charge is 0.211 e. The fourth-order valence-electron chi connectivity index (χ4n) is 4.66. The minimum Gasteiger partial charge on any atom is -0.395 e. The minimum absolute atomic E-state index is 0.0812. The first kappa shape index (κ1) is 23.9. The van der Waals surface area contributed by atoms with Gasteiger partial charge in [-0.05, 0) is 35.3 Å². The van der Waals surface area contributed by atoms with Crippen molar-refractivity contribution in [3.05, 3.63) is 70.8 Å². The van der Waals surface area contributed by atoms with Crippen molar-refractivity contribution in [2.45, 2.75) is 19.6 Å². The lowest BCUT2D eigenvalue weighted by Gasteiger charge is -2.46. The molecule has 0 aliphatic carbocycles. The van der Waals surface area contributed by atoms with Crippen LogP contribution < -0.4 is 4.72 Å². The van der Waals surface area contributed by atoms with E-state index >= 15 is 0 Å². The van der Waals surface area contributed by atoms with Gasteiger partial charge >= 0.3 is 0 Å². The zero-order valence-electron chi connectivity index (χ0n) is 19.4. The van der Waals surface area contributed by atoms with Gasteiger partial charge in [0.05, 0.1) is 12.4 Å². The number of nitrogens with zero attached hydrogens (tertiary/aromatic N) is 3. The summed E-state index contributed by atoms with van der Waals surface area (Å²) in [5.74, 6) is 0.0812. The summed E-state index contributed by atoms with van der Waals surface area (Å²) in [7, 11) is -1.06. The Bertz CT molecular complexity index is 1080. The van der Waals surface area contributed by atoms with Crippen LogP contribution >= 0.6 is 0 Å². The first-order valence-electron chi connectivity index (χ1n) is 11.6. The maximum atomic E-state index is 11.7. The molecule has 7 nitrogen and oxygen atoms in total. The summed E-state index contributed by atoms with van der Waals surface area (Å²) < 4.78 is 26.1. The third kappa shape index (κ3) is 5.47. The van der Waals surface area contributed by atoms with Gasteiger partial charge in [0.2, 0.25) is 10.0 Å². The lowest BCUT2D eigenvalue weighted by atomic mass is 9.94. The number of β-amino-alcohol motifs (C(OH)–C–C–N with tert-alkyl or cyclic N) is 1. The van der Waals surface area contributed by atoms with Gasteiger partial charge in [0.1, 0.15) is 6.17 Å². The fourth-order valence-corrected chi connectivity index (χ4v) is 5.25. The third-order valence-electron chi connectivity index (χ3n) is 6.61. The van der Waals surface area contributed by atoms with E-state index in [0.717, 1.165) is 49.5 Å². The second kappa shape index (κ2) is 10.4. The molecule has 1 fully saturated rings. The predicted octanol–water partition coefficient (Wildman–Crippen LogP) is 2.18. The summed E-state index contributed by atoms with van der Waals surface area (Å²) in [6.45, 7) is 6.68. The predicted molar refractivity (Wildman–Crippen MR) is 133 cm³/mol. The van der Waals surface area contributed by atoms with Gasteiger partial charge in [-0.1, -0.05) is 48.5 Å². The van der Waals surface area contributed by atoms with Crippen molar-refractivity contribution in [2.24, 2.45) is 0 Å². The largest absolute Gasteiger partial charge is 0.395 e. The molecule has 0 spiro atoms. The Labute approximate surface area is 197 Å². The van der Waals surface area contributed by atoms with Crippen LogP contribution in [0.1, 0.15) is 35.3 Å². The Kier molecular flexibility index (Phi) is 7.51. The quantitative estimate of drug-likeness (QED) is 0.616. The molecule has 178 valence electrons. The number of sulfonamides is 1. The number of hydrogen-bond acceptors (Lipinski definition) is 6. The molecule has 1 unspecified atom stereocenters. The van der Waals surface area contributed by atoms with E-state index in [1.165, 1.54) is 11.1 Å². The molecule has 4 rings (SSSR count). The lowest BCUT2D eigenvalue weighted by Crippen LogP contribution is -2.51. The van der Waals surface area contributed by atoms with Gasteiger partial charge in [-0.15, -0.1) is 0 Å².